The van der Waals surface area contributed by atoms with Crippen LogP contribution < -0.4 is 23.0 Å². The van der Waals surface area contributed by atoms with Crippen molar-refractivity contribution in [2.45, 2.75) is 0 Å². The van der Waals surface area contributed by atoms with Gasteiger partial charge in [0.15, 0.2) is 0 Å². The van der Waals surface area contributed by atoms with E-state index < -0.39 is 0 Å². The van der Waals surface area contributed by atoms with Crippen molar-refractivity contribution >= 4 is 17.2 Å². The molecule has 1 amide bonds. The molecule has 1 aromatic heterocycles. The summed E-state index contributed by atoms with van der Waals surface area (Å²) in [6, 6.07) is 9.69. The smallest absolute Gasteiger partial charge is 0.284 e. The van der Waals surface area contributed by atoms with E-state index in [4.69, 9.17) is 5.84 Å². The Morgan fingerprint density at radius 1 is 1.24 bits per heavy atom. The van der Waals surface area contributed by atoms with Gasteiger partial charge in [0.25, 0.3) is 5.91 Å². The maximum atomic E-state index is 11.2. The molecular formula is C10H13N5OS. The number of carbonyl (C=O) groups is 1. The van der Waals surface area contributed by atoms with Gasteiger partial charge in [-0.3, -0.25) is 21.9 Å². The molecule has 0 saturated carbocycles. The van der Waals surface area contributed by atoms with Crippen molar-refractivity contribution in [2.24, 2.45) is 17.5 Å². The Balaban J connectivity index is 0.000000686. The first-order valence-electron chi connectivity index (χ1n) is 4.66. The fraction of sp³-hybridized carbons (Fsp3) is 0. The van der Waals surface area contributed by atoms with Gasteiger partial charge in [0.2, 0.25) is 0 Å². The molecule has 0 fully saturated rings. The van der Waals surface area contributed by atoms with Gasteiger partial charge in [0, 0.05) is 10.9 Å². The Hall–Kier alpha value is -1.80. The lowest BCUT2D eigenvalue weighted by Gasteiger charge is -1.94. The molecule has 2 aromatic rings. The van der Waals surface area contributed by atoms with Crippen LogP contribution in [-0.2, 0) is 0 Å². The zero-order chi connectivity index (χ0) is 12.7. The molecule has 2 rings (SSSR count). The van der Waals surface area contributed by atoms with Gasteiger partial charge in [-0.05, 0) is 0 Å². The summed E-state index contributed by atoms with van der Waals surface area (Å²) in [5, 5.41) is 2.50. The summed E-state index contributed by atoms with van der Waals surface area (Å²) in [5.74, 6) is 12.6. The highest BCUT2D eigenvalue weighted by Gasteiger charge is 2.09. The van der Waals surface area contributed by atoms with Crippen LogP contribution in [-0.4, -0.2) is 10.9 Å². The van der Waals surface area contributed by atoms with Crippen molar-refractivity contribution in [2.75, 3.05) is 0 Å². The molecule has 0 radical (unpaired) electrons. The fourth-order valence-corrected chi connectivity index (χ4v) is 1.97. The van der Waals surface area contributed by atoms with Crippen molar-refractivity contribution in [3.05, 3.63) is 41.4 Å². The SMILES string of the molecule is NN.NNC(=O)c1csc(-c2ccccc2)n1. The zero-order valence-electron chi connectivity index (χ0n) is 8.96. The third kappa shape index (κ3) is 3.33. The normalized spacial score (nSPS) is 9.12. The summed E-state index contributed by atoms with van der Waals surface area (Å²) in [6.07, 6.45) is 0. The van der Waals surface area contributed by atoms with Gasteiger partial charge in [-0.15, -0.1) is 11.3 Å². The van der Waals surface area contributed by atoms with Crippen molar-refractivity contribution < 1.29 is 4.79 Å². The van der Waals surface area contributed by atoms with Gasteiger partial charge < -0.3 is 0 Å². The first-order chi connectivity index (χ1) is 8.31. The predicted octanol–water partition coefficient (Wildman–Crippen LogP) is 0.232. The number of thiazole rings is 1. The highest BCUT2D eigenvalue weighted by molar-refractivity contribution is 7.13. The molecule has 0 aliphatic carbocycles. The highest BCUT2D eigenvalue weighted by atomic mass is 32.1. The third-order valence-corrected chi connectivity index (χ3v) is 2.78. The predicted molar refractivity (Wildman–Crippen MR) is 67.6 cm³/mol. The number of hydrogen-bond donors (Lipinski definition) is 4. The van der Waals surface area contributed by atoms with Gasteiger partial charge in [0.05, 0.1) is 0 Å². The third-order valence-electron chi connectivity index (χ3n) is 1.89. The van der Waals surface area contributed by atoms with E-state index in [1.54, 1.807) is 5.38 Å². The second-order valence-electron chi connectivity index (χ2n) is 2.88. The van der Waals surface area contributed by atoms with Gasteiger partial charge in [0.1, 0.15) is 10.7 Å². The lowest BCUT2D eigenvalue weighted by molar-refractivity contribution is 0.0949. The molecule has 7 N–H and O–H groups in total. The molecule has 0 spiro atoms. The molecule has 0 aliphatic rings. The molecule has 0 aliphatic heterocycles. The number of hydrogen-bond acceptors (Lipinski definition) is 6. The average Bonchev–Trinajstić information content (AvgIpc) is 2.91. The van der Waals surface area contributed by atoms with Crippen molar-refractivity contribution in [3.63, 3.8) is 0 Å². The van der Waals surface area contributed by atoms with Crippen molar-refractivity contribution in [3.8, 4) is 10.6 Å². The summed E-state index contributed by atoms with van der Waals surface area (Å²) in [6.45, 7) is 0. The molecule has 0 saturated heterocycles. The van der Waals surface area contributed by atoms with Crippen LogP contribution in [0.4, 0.5) is 0 Å². The Labute approximate surface area is 102 Å². The molecule has 0 bridgehead atoms. The van der Waals surface area contributed by atoms with E-state index in [-0.39, 0.29) is 5.91 Å². The van der Waals surface area contributed by atoms with E-state index in [1.807, 2.05) is 30.3 Å². The van der Waals surface area contributed by atoms with E-state index in [0.29, 0.717) is 5.69 Å². The first kappa shape index (κ1) is 13.3. The molecule has 1 aromatic carbocycles. The fourth-order valence-electron chi connectivity index (χ4n) is 1.17. The number of nitrogens with zero attached hydrogens (tertiary/aromatic N) is 1. The molecule has 0 unspecified atom stereocenters. The minimum absolute atomic E-state index is 0.348. The molecular weight excluding hydrogens is 238 g/mol. The molecule has 0 atom stereocenters. The van der Waals surface area contributed by atoms with Crippen molar-refractivity contribution in [1.82, 2.24) is 10.4 Å². The van der Waals surface area contributed by atoms with Crippen molar-refractivity contribution in [1.29, 1.82) is 0 Å². The van der Waals surface area contributed by atoms with Crippen LogP contribution in [0.3, 0.4) is 0 Å². The molecule has 1 heterocycles. The lowest BCUT2D eigenvalue weighted by atomic mass is 10.2. The number of rotatable bonds is 2. The number of carbonyl (C=O) groups excluding carboxylic acids is 1. The number of aromatic nitrogens is 1. The number of hydrazine groups is 2. The minimum Gasteiger partial charge on any atom is -0.289 e. The zero-order valence-corrected chi connectivity index (χ0v) is 9.78. The Morgan fingerprint density at radius 2 is 1.88 bits per heavy atom. The minimum atomic E-state index is -0.367. The second kappa shape index (κ2) is 6.71. The van der Waals surface area contributed by atoms with Crippen LogP contribution in [0, 0.1) is 0 Å². The highest BCUT2D eigenvalue weighted by Crippen LogP contribution is 2.22. The number of nitrogens with one attached hydrogen (secondary N) is 1. The summed E-state index contributed by atoms with van der Waals surface area (Å²) in [5.41, 5.74) is 3.40. The van der Waals surface area contributed by atoms with Crippen LogP contribution in [0.25, 0.3) is 10.6 Å². The quantitative estimate of drug-likeness (QED) is 0.346. The Bertz CT molecular complexity index is 471. The summed E-state index contributed by atoms with van der Waals surface area (Å²) in [4.78, 5) is 15.3. The van der Waals surface area contributed by atoms with E-state index >= 15 is 0 Å². The number of benzene rings is 1. The molecule has 7 heteroatoms. The molecule has 6 nitrogen and oxygen atoms in total. The van der Waals surface area contributed by atoms with Gasteiger partial charge in [-0.2, -0.15) is 0 Å². The molecule has 17 heavy (non-hydrogen) atoms. The standard InChI is InChI=1S/C10H9N3OS.H4N2/c11-13-9(14)8-6-15-10(12-8)7-4-2-1-3-5-7;1-2/h1-6H,11H2,(H,13,14);1-2H2. The molecule has 90 valence electrons. The van der Waals surface area contributed by atoms with Gasteiger partial charge in [-0.1, -0.05) is 30.3 Å². The second-order valence-corrected chi connectivity index (χ2v) is 3.74. The number of nitrogen functional groups attached to an aromatic ring is 1. The van der Waals surface area contributed by atoms with Gasteiger partial charge >= 0.3 is 0 Å². The van der Waals surface area contributed by atoms with E-state index in [1.165, 1.54) is 11.3 Å². The van der Waals surface area contributed by atoms with Crippen LogP contribution in [0.15, 0.2) is 35.7 Å². The van der Waals surface area contributed by atoms with E-state index in [2.05, 4.69) is 22.1 Å². The largest absolute Gasteiger partial charge is 0.289 e. The average molecular weight is 251 g/mol. The Morgan fingerprint density at radius 3 is 2.47 bits per heavy atom. The van der Waals surface area contributed by atoms with Crippen LogP contribution in [0.5, 0.6) is 0 Å². The summed E-state index contributed by atoms with van der Waals surface area (Å²) < 4.78 is 0. The van der Waals surface area contributed by atoms with E-state index in [0.717, 1.165) is 10.6 Å². The first-order valence-corrected chi connectivity index (χ1v) is 5.54. The van der Waals surface area contributed by atoms with Crippen LogP contribution >= 0.6 is 11.3 Å². The summed E-state index contributed by atoms with van der Waals surface area (Å²) >= 11 is 1.42. The maximum Gasteiger partial charge on any atom is 0.284 e. The monoisotopic (exact) mass is 251 g/mol. The topological polar surface area (TPSA) is 120 Å². The Kier molecular flexibility index (Phi) is 5.24. The van der Waals surface area contributed by atoms with Crippen LogP contribution in [0.2, 0.25) is 0 Å². The number of amides is 1. The number of nitrogens with two attached hydrogens (primary N) is 3. The van der Waals surface area contributed by atoms with Crippen LogP contribution in [0.1, 0.15) is 10.5 Å². The maximum absolute atomic E-state index is 11.2. The van der Waals surface area contributed by atoms with Gasteiger partial charge in [-0.25, -0.2) is 10.8 Å². The summed E-state index contributed by atoms with van der Waals surface area (Å²) in [7, 11) is 0. The van der Waals surface area contributed by atoms with E-state index in [9.17, 15) is 4.79 Å². The lowest BCUT2D eigenvalue weighted by Crippen LogP contribution is -2.30.